The van der Waals surface area contributed by atoms with Crippen LogP contribution in [0.2, 0.25) is 0 Å². The smallest absolute Gasteiger partial charge is 0.274 e. The lowest BCUT2D eigenvalue weighted by molar-refractivity contribution is 0.393. The van der Waals surface area contributed by atoms with E-state index in [1.807, 2.05) is 0 Å². The molecule has 0 atom stereocenters. The van der Waals surface area contributed by atoms with E-state index in [0.717, 1.165) is 6.54 Å². The molecule has 0 fully saturated rings. The first-order valence-corrected chi connectivity index (χ1v) is 8.27. The topological polar surface area (TPSA) is 84.5 Å². The summed E-state index contributed by atoms with van der Waals surface area (Å²) < 4.78 is 37.0. The highest BCUT2D eigenvalue weighted by Crippen LogP contribution is 2.14. The van der Waals surface area contributed by atoms with Gasteiger partial charge in [0.2, 0.25) is 5.09 Å². The zero-order valence-corrected chi connectivity index (χ0v) is 12.9. The monoisotopic (exact) mass is 312 g/mol. The second-order valence-corrected chi connectivity index (χ2v) is 6.85. The molecule has 2 aromatic heterocycles. The Morgan fingerprint density at radius 3 is 2.62 bits per heavy atom. The van der Waals surface area contributed by atoms with E-state index >= 15 is 0 Å². The average molecular weight is 312 g/mol. The first-order valence-electron chi connectivity index (χ1n) is 6.79. The molecule has 0 aliphatic rings. The predicted molar refractivity (Wildman–Crippen MR) is 78.0 cm³/mol. The molecule has 2 aromatic rings. The Hall–Kier alpha value is -1.57. The van der Waals surface area contributed by atoms with Crippen LogP contribution in [0.4, 0.5) is 0 Å². The second kappa shape index (κ2) is 6.93. The minimum Gasteiger partial charge on any atom is -0.468 e. The third-order valence-corrected chi connectivity index (χ3v) is 4.04. The summed E-state index contributed by atoms with van der Waals surface area (Å²) in [5, 5.41) is 3.11. The molecule has 0 saturated carbocycles. The molecule has 2 heterocycles. The summed E-state index contributed by atoms with van der Waals surface area (Å²) in [6.45, 7) is 5.65. The van der Waals surface area contributed by atoms with Crippen molar-refractivity contribution in [2.24, 2.45) is 5.92 Å². The van der Waals surface area contributed by atoms with Crippen LogP contribution in [-0.2, 0) is 23.1 Å². The van der Waals surface area contributed by atoms with Gasteiger partial charge in [0.15, 0.2) is 0 Å². The van der Waals surface area contributed by atoms with Crippen molar-refractivity contribution in [3.8, 4) is 0 Å². The van der Waals surface area contributed by atoms with Crippen LogP contribution in [0, 0.1) is 5.92 Å². The zero-order chi connectivity index (χ0) is 15.3. The van der Waals surface area contributed by atoms with Crippen molar-refractivity contribution in [1.29, 1.82) is 0 Å². The van der Waals surface area contributed by atoms with Crippen molar-refractivity contribution in [1.82, 2.24) is 10.0 Å². The van der Waals surface area contributed by atoms with Gasteiger partial charge in [-0.15, -0.1) is 0 Å². The van der Waals surface area contributed by atoms with E-state index < -0.39 is 10.0 Å². The number of hydrogen-bond donors (Lipinski definition) is 2. The van der Waals surface area contributed by atoms with E-state index in [9.17, 15) is 8.42 Å². The number of furan rings is 2. The quantitative estimate of drug-likeness (QED) is 0.780. The highest BCUT2D eigenvalue weighted by molar-refractivity contribution is 7.89. The molecule has 0 aromatic carbocycles. The minimum atomic E-state index is -3.66. The maximum Gasteiger partial charge on any atom is 0.274 e. The van der Waals surface area contributed by atoms with E-state index in [2.05, 4.69) is 23.9 Å². The van der Waals surface area contributed by atoms with E-state index in [0.29, 0.717) is 24.0 Å². The molecule has 0 saturated heterocycles. The molecule has 21 heavy (non-hydrogen) atoms. The molecular formula is C14H20N2O4S. The van der Waals surface area contributed by atoms with Crippen molar-refractivity contribution in [3.05, 3.63) is 42.0 Å². The van der Waals surface area contributed by atoms with Gasteiger partial charge in [-0.2, -0.15) is 0 Å². The molecule has 6 nitrogen and oxygen atoms in total. The van der Waals surface area contributed by atoms with Crippen LogP contribution in [0.1, 0.15) is 25.4 Å². The van der Waals surface area contributed by atoms with Gasteiger partial charge < -0.3 is 14.2 Å². The summed E-state index contributed by atoms with van der Waals surface area (Å²) in [6.07, 6.45) is 1.50. The third-order valence-electron chi connectivity index (χ3n) is 2.77. The molecule has 7 heteroatoms. The van der Waals surface area contributed by atoms with Crippen LogP contribution in [0.5, 0.6) is 0 Å². The molecule has 116 valence electrons. The highest BCUT2D eigenvalue weighted by Gasteiger charge is 2.18. The first kappa shape index (κ1) is 15.8. The van der Waals surface area contributed by atoms with Crippen LogP contribution >= 0.6 is 0 Å². The Balaban J connectivity index is 1.92. The van der Waals surface area contributed by atoms with Crippen LogP contribution in [0.3, 0.4) is 0 Å². The van der Waals surface area contributed by atoms with E-state index in [4.69, 9.17) is 8.83 Å². The van der Waals surface area contributed by atoms with Gasteiger partial charge in [-0.05, 0) is 36.7 Å². The number of sulfonamides is 1. The molecular weight excluding hydrogens is 292 g/mol. The molecule has 2 N–H and O–H groups in total. The number of nitrogens with one attached hydrogen (secondary N) is 2. The molecule has 0 aliphatic heterocycles. The molecule has 0 unspecified atom stereocenters. The van der Waals surface area contributed by atoms with E-state index in [-0.39, 0.29) is 11.6 Å². The zero-order valence-electron chi connectivity index (χ0n) is 12.1. The Kier molecular flexibility index (Phi) is 5.22. The maximum atomic E-state index is 12.1. The van der Waals surface area contributed by atoms with Gasteiger partial charge in [0.05, 0.1) is 19.4 Å². The van der Waals surface area contributed by atoms with Crippen molar-refractivity contribution in [2.75, 3.05) is 6.54 Å². The van der Waals surface area contributed by atoms with Gasteiger partial charge in [-0.3, -0.25) is 0 Å². The third kappa shape index (κ3) is 4.73. The molecule has 2 rings (SSSR count). The summed E-state index contributed by atoms with van der Waals surface area (Å²) in [5.74, 6) is 1.66. The van der Waals surface area contributed by atoms with Crippen molar-refractivity contribution >= 4 is 10.0 Å². The normalized spacial score (nSPS) is 12.1. The summed E-state index contributed by atoms with van der Waals surface area (Å²) in [5.41, 5.74) is 0. The van der Waals surface area contributed by atoms with Crippen LogP contribution in [0.25, 0.3) is 0 Å². The molecule has 0 bridgehead atoms. The predicted octanol–water partition coefficient (Wildman–Crippen LogP) is 2.10. The molecule has 0 spiro atoms. The molecule has 0 aliphatic carbocycles. The lowest BCUT2D eigenvalue weighted by Gasteiger charge is -2.05. The fourth-order valence-electron chi connectivity index (χ4n) is 1.73. The highest BCUT2D eigenvalue weighted by atomic mass is 32.2. The minimum absolute atomic E-state index is 0.0876. The fraction of sp³-hybridized carbons (Fsp3) is 0.429. The summed E-state index contributed by atoms with van der Waals surface area (Å²) in [6, 6.07) is 6.52. The SMILES string of the molecule is CC(C)CNCc1ccc(S(=O)(=O)NCc2ccco2)o1. The Bertz CT molecular complexity index is 644. The van der Waals surface area contributed by atoms with Crippen molar-refractivity contribution in [2.45, 2.75) is 32.0 Å². The standard InChI is InChI=1S/C14H20N2O4S/c1-11(2)8-15-9-13-5-6-14(20-13)21(17,18)16-10-12-4-3-7-19-12/h3-7,11,15-16H,8-10H2,1-2H3. The van der Waals surface area contributed by atoms with Crippen molar-refractivity contribution < 1.29 is 17.3 Å². The molecule has 0 radical (unpaired) electrons. The lowest BCUT2D eigenvalue weighted by atomic mass is 10.2. The van der Waals surface area contributed by atoms with Gasteiger partial charge in [-0.25, -0.2) is 13.1 Å². The van der Waals surface area contributed by atoms with Crippen LogP contribution in [0.15, 0.2) is 44.5 Å². The summed E-state index contributed by atoms with van der Waals surface area (Å²) in [7, 11) is -3.66. The van der Waals surface area contributed by atoms with Crippen LogP contribution < -0.4 is 10.0 Å². The Morgan fingerprint density at radius 2 is 1.95 bits per heavy atom. The average Bonchev–Trinajstić information content (AvgIpc) is 3.07. The largest absolute Gasteiger partial charge is 0.468 e. The Labute approximate surface area is 124 Å². The summed E-state index contributed by atoms with van der Waals surface area (Å²) in [4.78, 5) is 0. The fourth-order valence-corrected chi connectivity index (χ4v) is 2.67. The molecule has 0 amide bonds. The van der Waals surface area contributed by atoms with Gasteiger partial charge in [-0.1, -0.05) is 13.8 Å². The van der Waals surface area contributed by atoms with Gasteiger partial charge in [0.1, 0.15) is 11.5 Å². The number of hydrogen-bond acceptors (Lipinski definition) is 5. The first-order chi connectivity index (χ1) is 9.97. The summed E-state index contributed by atoms with van der Waals surface area (Å²) >= 11 is 0. The number of rotatable bonds is 8. The van der Waals surface area contributed by atoms with Gasteiger partial charge in [0.25, 0.3) is 10.0 Å². The van der Waals surface area contributed by atoms with Crippen LogP contribution in [-0.4, -0.2) is 15.0 Å². The van der Waals surface area contributed by atoms with Gasteiger partial charge >= 0.3 is 0 Å². The Morgan fingerprint density at radius 1 is 1.14 bits per heavy atom. The maximum absolute atomic E-state index is 12.1. The van der Waals surface area contributed by atoms with E-state index in [1.165, 1.54) is 12.3 Å². The van der Waals surface area contributed by atoms with Gasteiger partial charge in [0, 0.05) is 0 Å². The second-order valence-electron chi connectivity index (χ2n) is 5.15. The van der Waals surface area contributed by atoms with E-state index in [1.54, 1.807) is 18.2 Å². The van der Waals surface area contributed by atoms with Crippen molar-refractivity contribution in [3.63, 3.8) is 0 Å². The lowest BCUT2D eigenvalue weighted by Crippen LogP contribution is -2.22.